The van der Waals surface area contributed by atoms with Crippen molar-refractivity contribution >= 4 is 39.2 Å². The van der Waals surface area contributed by atoms with Gasteiger partial charge in [0.05, 0.1) is 5.52 Å². The van der Waals surface area contributed by atoms with Gasteiger partial charge in [0, 0.05) is 36.2 Å². The molecule has 4 aromatic heterocycles. The Balaban J connectivity index is 1.48. The smallest absolute Gasteiger partial charge is 0.284 e. The Morgan fingerprint density at radius 2 is 1.66 bits per heavy atom. The van der Waals surface area contributed by atoms with Crippen LogP contribution in [0.15, 0.2) is 78.0 Å². The molecule has 0 amide bonds. The van der Waals surface area contributed by atoms with Gasteiger partial charge in [0.2, 0.25) is 11.9 Å². The first-order chi connectivity index (χ1) is 17.1. The van der Waals surface area contributed by atoms with Gasteiger partial charge in [-0.2, -0.15) is 9.50 Å². The van der Waals surface area contributed by atoms with Gasteiger partial charge < -0.3 is 10.2 Å². The van der Waals surface area contributed by atoms with Gasteiger partial charge in [-0.15, -0.1) is 0 Å². The molecule has 0 bridgehead atoms. The highest BCUT2D eigenvalue weighted by Crippen LogP contribution is 2.23. The number of hydrogen-bond donors (Lipinski definition) is 1. The van der Waals surface area contributed by atoms with Crippen molar-refractivity contribution in [3.8, 4) is 5.95 Å². The Hall–Kier alpha value is -4.70. The van der Waals surface area contributed by atoms with Crippen LogP contribution >= 0.6 is 0 Å². The summed E-state index contributed by atoms with van der Waals surface area (Å²) in [5, 5.41) is 4.30. The van der Waals surface area contributed by atoms with E-state index in [0.717, 1.165) is 23.1 Å². The Morgan fingerprint density at radius 1 is 0.886 bits per heavy atom. The zero-order chi connectivity index (χ0) is 23.9. The number of benzene rings is 2. The van der Waals surface area contributed by atoms with Gasteiger partial charge in [0.1, 0.15) is 5.39 Å². The minimum Gasteiger partial charge on any atom is -0.324 e. The highest BCUT2D eigenvalue weighted by atomic mass is 16.1. The first kappa shape index (κ1) is 20.9. The number of nitrogens with zero attached hydrogens (tertiary/aromatic N) is 8. The summed E-state index contributed by atoms with van der Waals surface area (Å²) in [5.41, 5.74) is 3.31. The first-order valence-electron chi connectivity index (χ1n) is 11.1. The molecular formula is C25H21N9O. The summed E-state index contributed by atoms with van der Waals surface area (Å²) in [5.74, 6) is 0.739. The molecule has 172 valence electrons. The molecule has 0 spiro atoms. The molecular weight excluding hydrogens is 442 g/mol. The maximum Gasteiger partial charge on any atom is 0.284 e. The molecule has 35 heavy (non-hydrogen) atoms. The number of hydrogen-bond acceptors (Lipinski definition) is 8. The molecule has 0 saturated carbocycles. The van der Waals surface area contributed by atoms with E-state index in [4.69, 9.17) is 4.98 Å². The Morgan fingerprint density at radius 3 is 2.43 bits per heavy atom. The number of anilines is 2. The lowest BCUT2D eigenvalue weighted by atomic mass is 10.2. The summed E-state index contributed by atoms with van der Waals surface area (Å²) in [6.07, 6.45) is 4.77. The number of nitrogens with one attached hydrogen (secondary N) is 1. The van der Waals surface area contributed by atoms with Crippen LogP contribution in [0.4, 0.5) is 11.6 Å². The van der Waals surface area contributed by atoms with E-state index in [-0.39, 0.29) is 5.56 Å². The molecule has 0 radical (unpaired) electrons. The lowest BCUT2D eigenvalue weighted by Gasteiger charge is -2.10. The fraction of sp³-hybridized carbons (Fsp3) is 0.120. The van der Waals surface area contributed by atoms with Crippen molar-refractivity contribution in [3.63, 3.8) is 0 Å². The molecule has 4 heterocycles. The lowest BCUT2D eigenvalue weighted by Crippen LogP contribution is -2.22. The molecule has 10 nitrogen and oxygen atoms in total. The van der Waals surface area contributed by atoms with Crippen LogP contribution in [0.25, 0.3) is 33.5 Å². The van der Waals surface area contributed by atoms with E-state index < -0.39 is 0 Å². The van der Waals surface area contributed by atoms with Crippen LogP contribution in [-0.2, 0) is 6.54 Å². The van der Waals surface area contributed by atoms with E-state index in [0.29, 0.717) is 28.6 Å². The minimum atomic E-state index is -0.298. The Kier molecular flexibility index (Phi) is 4.93. The van der Waals surface area contributed by atoms with E-state index in [1.165, 1.54) is 16.3 Å². The number of para-hydroxylation sites is 1. The van der Waals surface area contributed by atoms with Gasteiger partial charge in [0.25, 0.3) is 5.56 Å². The Bertz CT molecular complexity index is 1740. The summed E-state index contributed by atoms with van der Waals surface area (Å²) in [7, 11) is 4.07. The average Bonchev–Trinajstić information content (AvgIpc) is 3.20. The first-order valence-corrected chi connectivity index (χ1v) is 11.1. The van der Waals surface area contributed by atoms with Crippen molar-refractivity contribution in [2.75, 3.05) is 19.4 Å². The molecule has 0 saturated heterocycles. The second kappa shape index (κ2) is 8.26. The summed E-state index contributed by atoms with van der Waals surface area (Å²) >= 11 is 0. The van der Waals surface area contributed by atoms with Gasteiger partial charge in [-0.25, -0.2) is 24.6 Å². The van der Waals surface area contributed by atoms with Crippen molar-refractivity contribution in [1.29, 1.82) is 0 Å². The van der Waals surface area contributed by atoms with Crippen LogP contribution in [-0.4, -0.2) is 53.1 Å². The highest BCUT2D eigenvalue weighted by Gasteiger charge is 2.19. The quantitative estimate of drug-likeness (QED) is 0.416. The van der Waals surface area contributed by atoms with Gasteiger partial charge >= 0.3 is 0 Å². The summed E-state index contributed by atoms with van der Waals surface area (Å²) in [4.78, 5) is 38.1. The highest BCUT2D eigenvalue weighted by molar-refractivity contribution is 5.95. The SMILES string of the molecule is CN(C)Cc1ccc(Nc2ncc3c(=O)n4c(nc3n2)c2ccccc2n4-c2ncccn2)cc1. The van der Waals surface area contributed by atoms with Crippen LogP contribution in [0.1, 0.15) is 5.56 Å². The number of rotatable bonds is 5. The number of aromatic nitrogens is 7. The summed E-state index contributed by atoms with van der Waals surface area (Å²) in [6.45, 7) is 0.859. The van der Waals surface area contributed by atoms with Crippen LogP contribution < -0.4 is 10.9 Å². The van der Waals surface area contributed by atoms with Gasteiger partial charge in [-0.1, -0.05) is 24.3 Å². The maximum atomic E-state index is 13.6. The number of fused-ring (bicyclic) bond motifs is 4. The average molecular weight is 464 g/mol. The Labute approximate surface area is 199 Å². The molecule has 6 aromatic rings. The van der Waals surface area contributed by atoms with Crippen molar-refractivity contribution in [3.05, 3.63) is 89.1 Å². The second-order valence-corrected chi connectivity index (χ2v) is 8.42. The van der Waals surface area contributed by atoms with Crippen molar-refractivity contribution < 1.29 is 0 Å². The van der Waals surface area contributed by atoms with E-state index in [9.17, 15) is 4.79 Å². The minimum absolute atomic E-state index is 0.298. The van der Waals surface area contributed by atoms with Crippen molar-refractivity contribution in [1.82, 2.24) is 39.0 Å². The van der Waals surface area contributed by atoms with E-state index in [1.807, 2.05) is 50.5 Å². The lowest BCUT2D eigenvalue weighted by molar-refractivity contribution is 0.402. The van der Waals surface area contributed by atoms with E-state index in [1.54, 1.807) is 23.1 Å². The molecule has 0 aliphatic rings. The third-order valence-electron chi connectivity index (χ3n) is 5.63. The largest absolute Gasteiger partial charge is 0.324 e. The third-order valence-corrected chi connectivity index (χ3v) is 5.63. The molecule has 0 aliphatic carbocycles. The van der Waals surface area contributed by atoms with Crippen LogP contribution in [0, 0.1) is 0 Å². The van der Waals surface area contributed by atoms with Gasteiger partial charge in [0.15, 0.2) is 11.3 Å². The maximum absolute atomic E-state index is 13.6. The fourth-order valence-electron chi connectivity index (χ4n) is 4.13. The van der Waals surface area contributed by atoms with Crippen LogP contribution in [0.5, 0.6) is 0 Å². The van der Waals surface area contributed by atoms with E-state index in [2.05, 4.69) is 42.3 Å². The summed E-state index contributed by atoms with van der Waals surface area (Å²) < 4.78 is 3.14. The van der Waals surface area contributed by atoms with Crippen LogP contribution in [0.2, 0.25) is 0 Å². The zero-order valence-electron chi connectivity index (χ0n) is 19.1. The predicted octanol–water partition coefficient (Wildman–Crippen LogP) is 3.18. The third kappa shape index (κ3) is 3.65. The van der Waals surface area contributed by atoms with E-state index >= 15 is 0 Å². The monoisotopic (exact) mass is 463 g/mol. The zero-order valence-corrected chi connectivity index (χ0v) is 19.1. The van der Waals surface area contributed by atoms with Gasteiger partial charge in [-0.3, -0.25) is 4.79 Å². The second-order valence-electron chi connectivity index (χ2n) is 8.42. The molecule has 0 fully saturated rings. The molecule has 2 aromatic carbocycles. The topological polar surface area (TPSA) is 106 Å². The summed E-state index contributed by atoms with van der Waals surface area (Å²) in [6, 6.07) is 17.4. The molecule has 0 unspecified atom stereocenters. The van der Waals surface area contributed by atoms with Crippen molar-refractivity contribution in [2.45, 2.75) is 6.54 Å². The fourth-order valence-corrected chi connectivity index (χ4v) is 4.13. The molecule has 0 aliphatic heterocycles. The molecule has 0 atom stereocenters. The predicted molar refractivity (Wildman–Crippen MR) is 134 cm³/mol. The molecule has 1 N–H and O–H groups in total. The normalized spacial score (nSPS) is 11.6. The van der Waals surface area contributed by atoms with Crippen LogP contribution in [0.3, 0.4) is 0 Å². The van der Waals surface area contributed by atoms with Crippen molar-refractivity contribution in [2.24, 2.45) is 0 Å². The molecule has 6 rings (SSSR count). The molecule has 10 heteroatoms. The van der Waals surface area contributed by atoms with Gasteiger partial charge in [-0.05, 0) is 50.0 Å². The standard InChI is InChI=1S/C25H21N9O/c1-32(2)15-16-8-10-17(11-9-16)29-24-28-14-19-21(31-24)30-22-18-6-3-4-7-20(18)33(34(22)23(19)35)25-26-12-5-13-27-25/h3-14H,15H2,1-2H3,(H,28,29,31).